The Bertz CT molecular complexity index is 1590. The Morgan fingerprint density at radius 2 is 2.00 bits per heavy atom. The number of fused-ring (bicyclic) bond motifs is 1. The fourth-order valence-corrected chi connectivity index (χ4v) is 6.24. The molecule has 5 rings (SSSR count). The number of halogens is 1. The molecule has 0 bridgehead atoms. The van der Waals surface area contributed by atoms with Crippen molar-refractivity contribution in [3.05, 3.63) is 98.9 Å². The topological polar surface area (TPSA) is 112 Å². The summed E-state index contributed by atoms with van der Waals surface area (Å²) in [5.41, 5.74) is 0.318. The molecular formula is C32H34BrN3O6. The van der Waals surface area contributed by atoms with Gasteiger partial charge in [-0.1, -0.05) is 47.1 Å². The van der Waals surface area contributed by atoms with E-state index in [0.29, 0.717) is 23.5 Å². The van der Waals surface area contributed by atoms with Gasteiger partial charge in [-0.15, -0.1) is 0 Å². The van der Waals surface area contributed by atoms with Crippen LogP contribution >= 0.6 is 15.9 Å². The van der Waals surface area contributed by atoms with Crippen LogP contribution in [0.4, 0.5) is 5.69 Å². The van der Waals surface area contributed by atoms with Crippen molar-refractivity contribution in [3.63, 3.8) is 0 Å². The molecule has 42 heavy (non-hydrogen) atoms. The van der Waals surface area contributed by atoms with Crippen LogP contribution in [0.15, 0.2) is 82.2 Å². The van der Waals surface area contributed by atoms with Crippen molar-refractivity contribution in [1.82, 2.24) is 9.47 Å². The Labute approximate surface area is 252 Å². The quantitative estimate of drug-likeness (QED) is 0.345. The maximum absolute atomic E-state index is 14.0. The van der Waals surface area contributed by atoms with Crippen LogP contribution in [0.25, 0.3) is 5.69 Å². The van der Waals surface area contributed by atoms with Gasteiger partial charge < -0.3 is 24.7 Å². The van der Waals surface area contributed by atoms with E-state index in [4.69, 9.17) is 4.74 Å². The number of aliphatic hydroxyl groups is 2. The van der Waals surface area contributed by atoms with E-state index in [-0.39, 0.29) is 42.8 Å². The Morgan fingerprint density at radius 1 is 1.19 bits per heavy atom. The second kappa shape index (κ2) is 12.2. The second-order valence-corrected chi connectivity index (χ2v) is 11.6. The van der Waals surface area contributed by atoms with Crippen LogP contribution in [-0.4, -0.2) is 57.8 Å². The van der Waals surface area contributed by atoms with E-state index in [1.54, 1.807) is 65.4 Å². The van der Waals surface area contributed by atoms with Gasteiger partial charge in [0.25, 0.3) is 11.5 Å². The number of hydrogen-bond acceptors (Lipinski definition) is 6. The molecule has 10 heteroatoms. The fraction of sp³-hybridized carbons (Fsp3) is 0.344. The average Bonchev–Trinajstić information content (AvgIpc) is 3.55. The summed E-state index contributed by atoms with van der Waals surface area (Å²) in [6.45, 7) is 2.50. The third-order valence-corrected chi connectivity index (χ3v) is 8.67. The number of carbonyl (C=O) groups is 2. The molecule has 3 aromatic rings. The van der Waals surface area contributed by atoms with Gasteiger partial charge in [-0.25, -0.2) is 0 Å². The Hall–Kier alpha value is -3.73. The molecule has 0 unspecified atom stereocenters. The van der Waals surface area contributed by atoms with Crippen molar-refractivity contribution in [3.8, 4) is 11.4 Å². The van der Waals surface area contributed by atoms with E-state index in [1.165, 1.54) is 11.7 Å². The molecule has 2 amide bonds. The molecule has 0 aliphatic carbocycles. The minimum atomic E-state index is -1.85. The SMILES string of the molecule is COc1cccn(-c2cccc(CN3C(=O)[C@](O)([C@H](C)/C=C/CC(=O)N4CCC[C@H]4CO)c4cc(Br)ccc43)c2)c1=O. The number of methoxy groups -OCH3 is 1. The lowest BCUT2D eigenvalue weighted by Crippen LogP contribution is -2.44. The van der Waals surface area contributed by atoms with E-state index in [2.05, 4.69) is 15.9 Å². The first-order chi connectivity index (χ1) is 20.2. The molecule has 0 radical (unpaired) electrons. The highest BCUT2D eigenvalue weighted by molar-refractivity contribution is 9.10. The van der Waals surface area contributed by atoms with Gasteiger partial charge in [-0.2, -0.15) is 0 Å². The minimum Gasteiger partial charge on any atom is -0.491 e. The van der Waals surface area contributed by atoms with Crippen LogP contribution in [0.5, 0.6) is 5.75 Å². The van der Waals surface area contributed by atoms with E-state index in [9.17, 15) is 24.6 Å². The third kappa shape index (κ3) is 5.42. The molecule has 1 aromatic heterocycles. The molecule has 1 saturated heterocycles. The summed E-state index contributed by atoms with van der Waals surface area (Å²) >= 11 is 3.48. The summed E-state index contributed by atoms with van der Waals surface area (Å²) in [6, 6.07) is 15.9. The average molecular weight is 637 g/mol. The first kappa shape index (κ1) is 29.8. The van der Waals surface area contributed by atoms with E-state index in [0.717, 1.165) is 22.9 Å². The molecular weight excluding hydrogens is 602 g/mol. The van der Waals surface area contributed by atoms with Crippen molar-refractivity contribution in [2.24, 2.45) is 5.92 Å². The number of pyridine rings is 1. The zero-order valence-corrected chi connectivity index (χ0v) is 25.2. The fourth-order valence-electron chi connectivity index (χ4n) is 5.88. The van der Waals surface area contributed by atoms with Crippen LogP contribution in [0.3, 0.4) is 0 Å². The summed E-state index contributed by atoms with van der Waals surface area (Å²) in [5, 5.41) is 21.5. The van der Waals surface area contributed by atoms with Gasteiger partial charge in [-0.3, -0.25) is 19.0 Å². The Kier molecular flexibility index (Phi) is 8.68. The van der Waals surface area contributed by atoms with Crippen LogP contribution in [0.2, 0.25) is 0 Å². The standard InChI is InChI=1S/C32H34BrN3O6/c1-21(7-3-12-29(38)34-15-5-10-25(34)20-37)32(41)26-18-23(33)13-14-27(26)36(31(32)40)19-22-8-4-9-24(17-22)35-16-6-11-28(42-2)30(35)39/h3-4,6-9,11,13-14,16-18,21,25,37,41H,5,10,12,15,19-20H2,1-2H3/b7-3+/t21-,25+,32+/m1/s1. The molecule has 2 aliphatic heterocycles. The number of aromatic nitrogens is 1. The molecule has 3 heterocycles. The zero-order chi connectivity index (χ0) is 30.0. The molecule has 0 spiro atoms. The lowest BCUT2D eigenvalue weighted by Gasteiger charge is -2.28. The van der Waals surface area contributed by atoms with Crippen molar-refractivity contribution in [2.45, 2.75) is 44.4 Å². The van der Waals surface area contributed by atoms with Gasteiger partial charge in [-0.05, 0) is 60.9 Å². The summed E-state index contributed by atoms with van der Waals surface area (Å²) < 4.78 is 7.38. The highest BCUT2D eigenvalue weighted by atomic mass is 79.9. The maximum atomic E-state index is 14.0. The van der Waals surface area contributed by atoms with Crippen LogP contribution in [0.1, 0.15) is 37.3 Å². The monoisotopic (exact) mass is 635 g/mol. The van der Waals surface area contributed by atoms with Crippen LogP contribution in [-0.2, 0) is 21.7 Å². The zero-order valence-electron chi connectivity index (χ0n) is 23.6. The molecule has 1 fully saturated rings. The lowest BCUT2D eigenvalue weighted by atomic mass is 9.83. The Balaban J connectivity index is 1.40. The molecule has 3 atom stereocenters. The number of aliphatic hydroxyl groups excluding tert-OH is 1. The number of hydrogen-bond donors (Lipinski definition) is 2. The Morgan fingerprint density at radius 3 is 2.76 bits per heavy atom. The first-order valence-corrected chi connectivity index (χ1v) is 14.7. The highest BCUT2D eigenvalue weighted by Gasteiger charge is 2.52. The number of benzene rings is 2. The van der Waals surface area contributed by atoms with Crippen LogP contribution in [0, 0.1) is 5.92 Å². The predicted molar refractivity (Wildman–Crippen MR) is 163 cm³/mol. The molecule has 2 N–H and O–H groups in total. The van der Waals surface area contributed by atoms with Gasteiger partial charge in [0, 0.05) is 40.8 Å². The van der Waals surface area contributed by atoms with Gasteiger partial charge in [0.1, 0.15) is 0 Å². The number of amides is 2. The van der Waals surface area contributed by atoms with E-state index in [1.807, 2.05) is 24.3 Å². The molecule has 2 aliphatic rings. The number of nitrogens with zero attached hydrogens (tertiary/aromatic N) is 3. The normalized spacial score (nSPS) is 20.8. The second-order valence-electron chi connectivity index (χ2n) is 10.7. The molecule has 9 nitrogen and oxygen atoms in total. The van der Waals surface area contributed by atoms with Crippen LogP contribution < -0.4 is 15.2 Å². The highest BCUT2D eigenvalue weighted by Crippen LogP contribution is 2.46. The van der Waals surface area contributed by atoms with Gasteiger partial charge >= 0.3 is 0 Å². The van der Waals surface area contributed by atoms with Gasteiger partial charge in [0.15, 0.2) is 11.4 Å². The molecule has 220 valence electrons. The summed E-state index contributed by atoms with van der Waals surface area (Å²) in [6.07, 6.45) is 6.84. The first-order valence-electron chi connectivity index (χ1n) is 13.9. The summed E-state index contributed by atoms with van der Waals surface area (Å²) in [7, 11) is 1.45. The number of ether oxygens (including phenoxy) is 1. The van der Waals surface area contributed by atoms with Gasteiger partial charge in [0.05, 0.1) is 32.0 Å². The van der Waals surface area contributed by atoms with Crippen molar-refractivity contribution < 1.29 is 24.5 Å². The summed E-state index contributed by atoms with van der Waals surface area (Å²) in [5.74, 6) is -0.966. The van der Waals surface area contributed by atoms with E-state index < -0.39 is 17.4 Å². The molecule has 0 saturated carbocycles. The number of rotatable bonds is 9. The number of anilines is 1. The number of likely N-dealkylation sites (tertiary alicyclic amines) is 1. The van der Waals surface area contributed by atoms with Gasteiger partial charge in [0.2, 0.25) is 5.91 Å². The van der Waals surface area contributed by atoms with Crippen molar-refractivity contribution in [2.75, 3.05) is 25.2 Å². The molecule has 2 aromatic carbocycles. The van der Waals surface area contributed by atoms with E-state index >= 15 is 0 Å². The minimum absolute atomic E-state index is 0.0548. The number of carbonyl (C=O) groups excluding carboxylic acids is 2. The lowest BCUT2D eigenvalue weighted by molar-refractivity contribution is -0.139. The predicted octanol–water partition coefficient (Wildman–Crippen LogP) is 3.91. The maximum Gasteiger partial charge on any atom is 0.297 e. The van der Waals surface area contributed by atoms with Crippen molar-refractivity contribution >= 4 is 33.4 Å². The largest absolute Gasteiger partial charge is 0.491 e. The smallest absolute Gasteiger partial charge is 0.297 e. The van der Waals surface area contributed by atoms with Crippen molar-refractivity contribution in [1.29, 1.82) is 0 Å². The third-order valence-electron chi connectivity index (χ3n) is 8.18. The summed E-state index contributed by atoms with van der Waals surface area (Å²) in [4.78, 5) is 42.8.